The van der Waals surface area contributed by atoms with Crippen LogP contribution in [-0.4, -0.2) is 68.0 Å². The summed E-state index contributed by atoms with van der Waals surface area (Å²) in [5.41, 5.74) is 2.56. The Bertz CT molecular complexity index is 879. The summed E-state index contributed by atoms with van der Waals surface area (Å²) in [6, 6.07) is 7.76. The van der Waals surface area contributed by atoms with E-state index in [-0.39, 0.29) is 5.75 Å². The summed E-state index contributed by atoms with van der Waals surface area (Å²) < 4.78 is 22.5. The maximum absolute atomic E-state index is 11.3. The quantitative estimate of drug-likeness (QED) is 0.732. The molecular weight excluding hydrogens is 384 g/mol. The molecule has 1 saturated heterocycles. The lowest BCUT2D eigenvalue weighted by Crippen LogP contribution is -2.47. The molecule has 27 heavy (non-hydrogen) atoms. The van der Waals surface area contributed by atoms with Crippen LogP contribution in [0.15, 0.2) is 30.5 Å². The molecule has 0 N–H and O–H groups in total. The van der Waals surface area contributed by atoms with Crippen LogP contribution in [-0.2, 0) is 9.84 Å². The molecule has 0 radical (unpaired) electrons. The third kappa shape index (κ3) is 5.64. The zero-order valence-electron chi connectivity index (χ0n) is 15.7. The fraction of sp³-hybridized carbons (Fsp3) is 0.474. The second-order valence-electron chi connectivity index (χ2n) is 7.03. The molecule has 1 aliphatic rings. The first-order valence-electron chi connectivity index (χ1n) is 9.06. The summed E-state index contributed by atoms with van der Waals surface area (Å²) in [6.07, 6.45) is 3.79. The van der Waals surface area contributed by atoms with Crippen molar-refractivity contribution in [2.45, 2.75) is 13.3 Å². The molecule has 2 aromatic heterocycles. The summed E-state index contributed by atoms with van der Waals surface area (Å²) in [4.78, 5) is 13.7. The largest absolute Gasteiger partial charge is 0.354 e. The lowest BCUT2D eigenvalue weighted by molar-refractivity contribution is 0.258. The van der Waals surface area contributed by atoms with Crippen molar-refractivity contribution in [1.82, 2.24) is 14.9 Å². The van der Waals surface area contributed by atoms with Gasteiger partial charge in [-0.25, -0.2) is 13.4 Å². The second kappa shape index (κ2) is 8.54. The number of rotatable bonds is 6. The molecule has 2 aromatic rings. The van der Waals surface area contributed by atoms with Crippen LogP contribution in [0.2, 0.25) is 5.02 Å². The number of piperazine rings is 1. The highest BCUT2D eigenvalue weighted by atomic mass is 35.5. The lowest BCUT2D eigenvalue weighted by Gasteiger charge is -2.35. The molecule has 146 valence electrons. The molecule has 8 heteroatoms. The van der Waals surface area contributed by atoms with Crippen molar-refractivity contribution < 1.29 is 8.42 Å². The maximum Gasteiger partial charge on any atom is 0.147 e. The Balaban J connectivity index is 1.63. The number of nitrogens with zero attached hydrogens (tertiary/aromatic N) is 4. The zero-order valence-corrected chi connectivity index (χ0v) is 17.3. The van der Waals surface area contributed by atoms with Gasteiger partial charge in [0.25, 0.3) is 0 Å². The van der Waals surface area contributed by atoms with Gasteiger partial charge in [-0.2, -0.15) is 0 Å². The Morgan fingerprint density at radius 2 is 1.85 bits per heavy atom. The SMILES string of the molecule is Cc1ccc(-c2nc(N3CCN(CCCS(C)(=O)=O)CC3)ccc2Cl)nc1. The molecular formula is C19H25ClN4O2S. The van der Waals surface area contributed by atoms with Crippen LogP contribution >= 0.6 is 11.6 Å². The van der Waals surface area contributed by atoms with Crippen LogP contribution in [0.3, 0.4) is 0 Å². The molecule has 3 rings (SSSR count). The molecule has 0 amide bonds. The van der Waals surface area contributed by atoms with Gasteiger partial charge in [0, 0.05) is 38.6 Å². The highest BCUT2D eigenvalue weighted by Gasteiger charge is 2.19. The number of hydrogen-bond acceptors (Lipinski definition) is 6. The van der Waals surface area contributed by atoms with Crippen molar-refractivity contribution in [3.63, 3.8) is 0 Å². The van der Waals surface area contributed by atoms with Gasteiger partial charge in [0.2, 0.25) is 0 Å². The van der Waals surface area contributed by atoms with Gasteiger partial charge < -0.3 is 4.90 Å². The average molecular weight is 409 g/mol. The van der Waals surface area contributed by atoms with E-state index in [2.05, 4.69) is 14.8 Å². The van der Waals surface area contributed by atoms with Gasteiger partial charge in [-0.1, -0.05) is 17.7 Å². The molecule has 0 bridgehead atoms. The van der Waals surface area contributed by atoms with Crippen molar-refractivity contribution in [2.75, 3.05) is 49.6 Å². The normalized spacial score (nSPS) is 15.9. The Labute approximate surface area is 166 Å². The van der Waals surface area contributed by atoms with E-state index in [9.17, 15) is 8.42 Å². The molecule has 0 spiro atoms. The molecule has 0 unspecified atom stereocenters. The average Bonchev–Trinajstić information content (AvgIpc) is 2.63. The zero-order chi connectivity index (χ0) is 19.4. The highest BCUT2D eigenvalue weighted by Crippen LogP contribution is 2.27. The molecule has 0 aliphatic carbocycles. The minimum Gasteiger partial charge on any atom is -0.354 e. The molecule has 0 saturated carbocycles. The third-order valence-corrected chi connectivity index (χ3v) is 6.01. The highest BCUT2D eigenvalue weighted by molar-refractivity contribution is 7.90. The van der Waals surface area contributed by atoms with Gasteiger partial charge in [-0.3, -0.25) is 9.88 Å². The van der Waals surface area contributed by atoms with E-state index in [1.165, 1.54) is 6.26 Å². The second-order valence-corrected chi connectivity index (χ2v) is 9.70. The number of halogens is 1. The van der Waals surface area contributed by atoms with Crippen LogP contribution < -0.4 is 4.90 Å². The van der Waals surface area contributed by atoms with Crippen molar-refractivity contribution in [2.24, 2.45) is 0 Å². The van der Waals surface area contributed by atoms with Gasteiger partial charge in [0.05, 0.1) is 16.5 Å². The standard InChI is InChI=1S/C19H25ClN4O2S/c1-15-4-6-17(21-14-15)19-16(20)5-7-18(22-19)24-11-9-23(10-12-24)8-3-13-27(2,25)26/h4-7,14H,3,8-13H2,1-2H3. The Hall–Kier alpha value is -1.70. The lowest BCUT2D eigenvalue weighted by atomic mass is 10.2. The van der Waals surface area contributed by atoms with Crippen molar-refractivity contribution in [1.29, 1.82) is 0 Å². The molecule has 0 aromatic carbocycles. The fourth-order valence-electron chi connectivity index (χ4n) is 3.15. The summed E-state index contributed by atoms with van der Waals surface area (Å²) in [5.74, 6) is 1.14. The minimum atomic E-state index is -2.88. The van der Waals surface area contributed by atoms with Gasteiger partial charge in [0.1, 0.15) is 21.3 Å². The summed E-state index contributed by atoms with van der Waals surface area (Å²) in [7, 11) is -2.88. The van der Waals surface area contributed by atoms with Gasteiger partial charge in [0.15, 0.2) is 0 Å². The number of hydrogen-bond donors (Lipinski definition) is 0. The first kappa shape index (κ1) is 20.0. The molecule has 3 heterocycles. The van der Waals surface area contributed by atoms with E-state index in [0.717, 1.165) is 49.8 Å². The van der Waals surface area contributed by atoms with Gasteiger partial charge in [-0.05, 0) is 43.7 Å². The number of anilines is 1. The Morgan fingerprint density at radius 1 is 1.11 bits per heavy atom. The van der Waals surface area contributed by atoms with E-state index >= 15 is 0 Å². The predicted octanol–water partition coefficient (Wildman–Crippen LogP) is 2.66. The Kier molecular flexibility index (Phi) is 6.34. The topological polar surface area (TPSA) is 66.4 Å². The van der Waals surface area contributed by atoms with Crippen LogP contribution in [0.25, 0.3) is 11.4 Å². The first-order chi connectivity index (χ1) is 12.8. The van der Waals surface area contributed by atoms with Gasteiger partial charge in [-0.15, -0.1) is 0 Å². The van der Waals surface area contributed by atoms with E-state index in [4.69, 9.17) is 16.6 Å². The molecule has 1 fully saturated rings. The number of pyridine rings is 2. The summed E-state index contributed by atoms with van der Waals surface area (Å²) in [5, 5.41) is 0.592. The van der Waals surface area contributed by atoms with Crippen molar-refractivity contribution in [3.8, 4) is 11.4 Å². The monoisotopic (exact) mass is 408 g/mol. The molecule has 6 nitrogen and oxygen atoms in total. The van der Waals surface area contributed by atoms with Crippen LogP contribution in [0.4, 0.5) is 5.82 Å². The van der Waals surface area contributed by atoms with Crippen molar-refractivity contribution in [3.05, 3.63) is 41.0 Å². The maximum atomic E-state index is 11.3. The van der Waals surface area contributed by atoms with E-state index in [1.54, 1.807) is 0 Å². The van der Waals surface area contributed by atoms with Gasteiger partial charge >= 0.3 is 0 Å². The van der Waals surface area contributed by atoms with E-state index < -0.39 is 9.84 Å². The molecule has 1 aliphatic heterocycles. The number of aromatic nitrogens is 2. The third-order valence-electron chi connectivity index (χ3n) is 4.67. The number of sulfone groups is 1. The molecule has 0 atom stereocenters. The smallest absolute Gasteiger partial charge is 0.147 e. The summed E-state index contributed by atoms with van der Waals surface area (Å²) >= 11 is 6.35. The Morgan fingerprint density at radius 3 is 2.48 bits per heavy atom. The number of aryl methyl sites for hydroxylation is 1. The first-order valence-corrected chi connectivity index (χ1v) is 11.5. The fourth-order valence-corrected chi connectivity index (χ4v) is 4.00. The summed E-state index contributed by atoms with van der Waals surface area (Å²) in [6.45, 7) is 6.31. The van der Waals surface area contributed by atoms with Crippen molar-refractivity contribution >= 4 is 27.3 Å². The van der Waals surface area contributed by atoms with Crippen LogP contribution in [0.5, 0.6) is 0 Å². The minimum absolute atomic E-state index is 0.249. The van der Waals surface area contributed by atoms with E-state index in [1.807, 2.05) is 37.4 Å². The van der Waals surface area contributed by atoms with E-state index in [0.29, 0.717) is 17.1 Å². The predicted molar refractivity (Wildman–Crippen MR) is 110 cm³/mol. The van der Waals surface area contributed by atoms with Crippen LogP contribution in [0.1, 0.15) is 12.0 Å². The van der Waals surface area contributed by atoms with Crippen LogP contribution in [0, 0.1) is 6.92 Å².